The van der Waals surface area contributed by atoms with Crippen molar-refractivity contribution in [1.29, 1.82) is 0 Å². The molecule has 0 aliphatic carbocycles. The van der Waals surface area contributed by atoms with Crippen molar-refractivity contribution >= 4 is 58.5 Å². The number of aromatic amines is 1. The largest absolute Gasteiger partial charge is 0.478 e. The van der Waals surface area contributed by atoms with Gasteiger partial charge in [-0.15, -0.1) is 0 Å². The van der Waals surface area contributed by atoms with Crippen LogP contribution in [0.2, 0.25) is 0 Å². The van der Waals surface area contributed by atoms with Crippen LogP contribution < -0.4 is 26.6 Å². The molecule has 1 aliphatic heterocycles. The zero-order valence-corrected chi connectivity index (χ0v) is 42.3. The summed E-state index contributed by atoms with van der Waals surface area (Å²) in [5, 5.41) is 26.3. The van der Waals surface area contributed by atoms with Crippen molar-refractivity contribution in [2.45, 2.75) is 132 Å². The van der Waals surface area contributed by atoms with Crippen LogP contribution in [0.5, 0.6) is 0 Å². The first-order valence-electron chi connectivity index (χ1n) is 23.9. The van der Waals surface area contributed by atoms with Crippen molar-refractivity contribution in [1.82, 2.24) is 41.5 Å². The summed E-state index contributed by atoms with van der Waals surface area (Å²) in [6.07, 6.45) is 4.20. The Morgan fingerprint density at radius 2 is 1.46 bits per heavy atom. The van der Waals surface area contributed by atoms with Crippen LogP contribution in [-0.4, -0.2) is 105 Å². The number of aromatic carboxylic acids is 1. The number of nitrogens with zero attached hydrogens (tertiary/aromatic N) is 2. The number of para-hydroxylation sites is 1. The van der Waals surface area contributed by atoms with E-state index in [1.165, 1.54) is 28.8 Å². The Bertz CT molecular complexity index is 2680. The Morgan fingerprint density at radius 1 is 0.789 bits per heavy atom. The Kier molecular flexibility index (Phi) is 18.3. The van der Waals surface area contributed by atoms with E-state index in [-0.39, 0.29) is 51.0 Å². The number of alkyl carbamates (subject to hydrolysis) is 2. The number of hydrogen-bond acceptors (Lipinski definition) is 11. The number of carbonyl (C=O) groups excluding carboxylic acids is 5. The zero-order chi connectivity index (χ0) is 51.3. The lowest BCUT2D eigenvalue weighted by Gasteiger charge is -2.32. The van der Waals surface area contributed by atoms with Crippen molar-refractivity contribution in [3.63, 3.8) is 0 Å². The number of carbonyl (C=O) groups is 6. The summed E-state index contributed by atoms with van der Waals surface area (Å²) in [6.45, 7) is 11.4. The first-order chi connectivity index (χ1) is 33.8. The highest BCUT2D eigenvalue weighted by molar-refractivity contribution is 7.99. The molecule has 0 saturated heterocycles. The number of rotatable bonds is 13. The molecule has 1 aliphatic rings. The molecule has 3 heterocycles. The average molecular weight is 991 g/mol. The number of aromatic nitrogens is 2. The Balaban J connectivity index is 1.39. The second kappa shape index (κ2) is 24.3. The van der Waals surface area contributed by atoms with Crippen LogP contribution in [0.4, 0.5) is 9.59 Å². The molecule has 3 atom stereocenters. The van der Waals surface area contributed by atoms with E-state index in [2.05, 4.69) is 31.6 Å². The maximum Gasteiger partial charge on any atom is 0.407 e. The molecule has 71 heavy (non-hydrogen) atoms. The molecular formula is C53H66N8O9S. The summed E-state index contributed by atoms with van der Waals surface area (Å²) < 4.78 is 10.8. The molecule has 6 rings (SSSR count). The quantitative estimate of drug-likeness (QED) is 0.0562. The van der Waals surface area contributed by atoms with E-state index in [0.29, 0.717) is 24.3 Å². The van der Waals surface area contributed by atoms with Gasteiger partial charge in [0.2, 0.25) is 17.7 Å². The summed E-state index contributed by atoms with van der Waals surface area (Å²) >= 11 is 1.39. The number of likely N-dealkylation sites (N-methyl/N-ethyl adjacent to an activating group) is 1. The number of pyridine rings is 1. The lowest BCUT2D eigenvalue weighted by Crippen LogP contribution is -2.57. The minimum absolute atomic E-state index is 0.0368. The number of unbranched alkanes of at least 4 members (excludes halogenated alkanes) is 1. The SMILES string of the molecule is CN1C(=O)[C@H](CCCCNC(=O)OC(C)(C)C)NC(=O)[C@H](CCCNC(=O)OC(C)(C)C)NCc2cccnc2Sc2cccc(-c3ccc(C(=O)O)cc3)c2CNC(=O)[C@@H]1Cc1c[nH]c2ccccc12. The third-order valence-corrected chi connectivity index (χ3v) is 12.8. The number of ether oxygens (including phenoxy) is 2. The predicted molar refractivity (Wildman–Crippen MR) is 272 cm³/mol. The molecule has 0 spiro atoms. The van der Waals surface area contributed by atoms with Crippen molar-refractivity contribution < 1.29 is 43.3 Å². The minimum atomic E-state index is -1.09. The second-order valence-electron chi connectivity index (χ2n) is 19.5. The molecular weight excluding hydrogens is 925 g/mol. The van der Waals surface area contributed by atoms with Crippen LogP contribution in [0.3, 0.4) is 0 Å². The van der Waals surface area contributed by atoms with Gasteiger partial charge in [-0.3, -0.25) is 14.4 Å². The van der Waals surface area contributed by atoms with Crippen LogP contribution in [0, 0.1) is 0 Å². The molecule has 0 bridgehead atoms. The molecule has 17 nitrogen and oxygen atoms in total. The molecule has 3 aromatic carbocycles. The molecule has 0 saturated carbocycles. The van der Waals surface area contributed by atoms with E-state index in [0.717, 1.165) is 43.6 Å². The number of carboxylic acid groups (broad SMARTS) is 1. The third-order valence-electron chi connectivity index (χ3n) is 11.7. The number of fused-ring (bicyclic) bond motifs is 3. The van der Waals surface area contributed by atoms with Gasteiger partial charge in [0.15, 0.2) is 0 Å². The Labute approximate surface area is 419 Å². The molecule has 2 aromatic heterocycles. The van der Waals surface area contributed by atoms with E-state index in [4.69, 9.17) is 14.5 Å². The molecule has 5 aromatic rings. The van der Waals surface area contributed by atoms with Crippen LogP contribution in [0.25, 0.3) is 22.0 Å². The summed E-state index contributed by atoms with van der Waals surface area (Å²) in [4.78, 5) is 91.6. The number of nitrogens with one attached hydrogen (secondary N) is 6. The molecule has 0 unspecified atom stereocenters. The van der Waals surface area contributed by atoms with Crippen LogP contribution in [-0.2, 0) is 43.4 Å². The minimum Gasteiger partial charge on any atom is -0.478 e. The van der Waals surface area contributed by atoms with Crippen LogP contribution in [0.1, 0.15) is 101 Å². The molecule has 18 heteroatoms. The first-order valence-corrected chi connectivity index (χ1v) is 24.7. The number of amides is 5. The van der Waals surface area contributed by atoms with Gasteiger partial charge in [-0.05, 0) is 132 Å². The lowest BCUT2D eigenvalue weighted by molar-refractivity contribution is -0.142. The van der Waals surface area contributed by atoms with Crippen LogP contribution >= 0.6 is 11.8 Å². The monoisotopic (exact) mass is 990 g/mol. The second-order valence-corrected chi connectivity index (χ2v) is 20.5. The summed E-state index contributed by atoms with van der Waals surface area (Å²) in [7, 11) is 1.57. The average Bonchev–Trinajstić information content (AvgIpc) is 3.73. The molecule has 0 radical (unpaired) electrons. The van der Waals surface area contributed by atoms with E-state index in [1.807, 2.05) is 54.7 Å². The zero-order valence-electron chi connectivity index (χ0n) is 41.5. The Morgan fingerprint density at radius 3 is 2.15 bits per heavy atom. The van der Waals surface area contributed by atoms with Gasteiger partial charge in [-0.25, -0.2) is 19.4 Å². The van der Waals surface area contributed by atoms with Gasteiger partial charge in [-0.1, -0.05) is 60.3 Å². The number of carboxylic acids is 1. The normalized spacial score (nSPS) is 17.3. The van der Waals surface area contributed by atoms with Gasteiger partial charge < -0.3 is 51.0 Å². The van der Waals surface area contributed by atoms with Gasteiger partial charge in [0, 0.05) is 67.8 Å². The fourth-order valence-electron chi connectivity index (χ4n) is 8.15. The van der Waals surface area contributed by atoms with Crippen molar-refractivity contribution in [3.05, 3.63) is 114 Å². The maximum absolute atomic E-state index is 15.0. The van der Waals surface area contributed by atoms with Gasteiger partial charge in [0.1, 0.15) is 28.3 Å². The van der Waals surface area contributed by atoms with Crippen molar-refractivity contribution in [2.75, 3.05) is 20.1 Å². The fourth-order valence-corrected chi connectivity index (χ4v) is 9.19. The molecule has 5 amide bonds. The Hall–Kier alpha value is -6.92. The molecule has 7 N–H and O–H groups in total. The van der Waals surface area contributed by atoms with Crippen LogP contribution in [0.15, 0.2) is 101 Å². The fraction of sp³-hybridized carbons (Fsp3) is 0.415. The predicted octanol–water partition coefficient (Wildman–Crippen LogP) is 7.72. The van der Waals surface area contributed by atoms with E-state index in [1.54, 1.807) is 73.0 Å². The highest BCUT2D eigenvalue weighted by atomic mass is 32.2. The number of benzene rings is 3. The number of H-pyrrole nitrogens is 1. The molecule has 378 valence electrons. The van der Waals surface area contributed by atoms with Gasteiger partial charge in [-0.2, -0.15) is 0 Å². The summed E-state index contributed by atoms with van der Waals surface area (Å²) in [6, 6.07) is 20.7. The van der Waals surface area contributed by atoms with Crippen molar-refractivity contribution in [2.24, 2.45) is 0 Å². The van der Waals surface area contributed by atoms with E-state index in [9.17, 15) is 29.1 Å². The lowest BCUT2D eigenvalue weighted by atomic mass is 9.98. The maximum atomic E-state index is 15.0. The molecule has 0 fully saturated rings. The smallest absolute Gasteiger partial charge is 0.407 e. The summed E-state index contributed by atoms with van der Waals surface area (Å²) in [5.74, 6) is -2.44. The first kappa shape index (κ1) is 53.4. The summed E-state index contributed by atoms with van der Waals surface area (Å²) in [5.41, 5.74) is 3.44. The van der Waals surface area contributed by atoms with Gasteiger partial charge >= 0.3 is 18.2 Å². The van der Waals surface area contributed by atoms with Gasteiger partial charge in [0.05, 0.1) is 11.6 Å². The standard InChI is InChI=1S/C53H66N8O9S/c1-52(2,3)69-50(67)55-26-11-10-19-42-48(64)61(7)43(29-36-31-57-40-18-9-8-16-38(36)40)46(63)59-32-39-37(33-22-24-34(25-23-33)49(65)66)17-12-21-44(39)71-47-35(15-13-27-54-47)30-58-41(45(62)60-42)20-14-28-56-51(68)70-53(4,5)6/h8-9,12-13,15-18,21-25,27,31,41-43,57-58H,10-11,14,19-20,26,28-30,32H2,1-7H3,(H,55,67)(H,56,68)(H,59,63)(H,60,62)(H,65,66)/t41-,42-,43-/m0/s1. The third kappa shape index (κ3) is 15.5. The van der Waals surface area contributed by atoms with Gasteiger partial charge in [0.25, 0.3) is 0 Å². The topological polar surface area (TPSA) is 233 Å². The number of hydrogen-bond donors (Lipinski definition) is 7. The van der Waals surface area contributed by atoms with Crippen molar-refractivity contribution in [3.8, 4) is 11.1 Å². The van der Waals surface area contributed by atoms with E-state index < -0.39 is 65.2 Å². The highest BCUT2D eigenvalue weighted by Gasteiger charge is 2.34. The van der Waals surface area contributed by atoms with E-state index >= 15 is 4.79 Å². The highest BCUT2D eigenvalue weighted by Crippen LogP contribution is 2.37.